The van der Waals surface area contributed by atoms with Gasteiger partial charge in [-0.1, -0.05) is 17.7 Å². The van der Waals surface area contributed by atoms with Crippen LogP contribution in [0.4, 0.5) is 0 Å². The molecule has 0 amide bonds. The smallest absolute Gasteiger partial charge is 0.336 e. The number of nitriles is 1. The molecule has 1 aliphatic carbocycles. The van der Waals surface area contributed by atoms with Crippen LogP contribution in [0.5, 0.6) is 0 Å². The van der Waals surface area contributed by atoms with Crippen LogP contribution in [0.1, 0.15) is 32.7 Å². The molecule has 1 aromatic carbocycles. The summed E-state index contributed by atoms with van der Waals surface area (Å²) in [6, 6.07) is 11.1. The van der Waals surface area contributed by atoms with E-state index >= 15 is 0 Å². The van der Waals surface area contributed by atoms with Crippen molar-refractivity contribution in [3.8, 4) is 6.07 Å². The standard InChI is InChI=1S/C17H12N2O2/c18-10-12-3-1-11(2-4-12)7-13-8-15-14(17(20)21)5-6-19-16(15)9-13/h1-6,9H,7-8H2,(H,20,21). The van der Waals surface area contributed by atoms with Gasteiger partial charge in [-0.05, 0) is 48.2 Å². The number of aromatic carboxylic acids is 1. The number of nitrogens with zero attached hydrogens (tertiary/aromatic N) is 2. The molecule has 0 saturated carbocycles. The average molecular weight is 276 g/mol. The molecule has 2 aromatic rings. The van der Waals surface area contributed by atoms with E-state index in [0.29, 0.717) is 17.5 Å². The second-order valence-electron chi connectivity index (χ2n) is 4.99. The minimum Gasteiger partial charge on any atom is -0.478 e. The van der Waals surface area contributed by atoms with Gasteiger partial charge >= 0.3 is 5.97 Å². The average Bonchev–Trinajstić information content (AvgIpc) is 2.89. The molecule has 102 valence electrons. The molecule has 1 N–H and O–H groups in total. The predicted octanol–water partition coefficient (Wildman–Crippen LogP) is 2.83. The fraction of sp³-hybridized carbons (Fsp3) is 0.118. The van der Waals surface area contributed by atoms with E-state index in [9.17, 15) is 9.90 Å². The van der Waals surface area contributed by atoms with Gasteiger partial charge in [0.2, 0.25) is 0 Å². The van der Waals surface area contributed by atoms with Crippen LogP contribution in [0.25, 0.3) is 6.08 Å². The highest BCUT2D eigenvalue weighted by Gasteiger charge is 2.20. The van der Waals surface area contributed by atoms with Gasteiger partial charge in [-0.3, -0.25) is 4.98 Å². The SMILES string of the molecule is N#Cc1ccc(CC2=Cc3nccc(C(=O)O)c3C2)cc1. The Balaban J connectivity index is 1.82. The van der Waals surface area contributed by atoms with E-state index in [1.807, 2.05) is 18.2 Å². The molecule has 0 unspecified atom stereocenters. The molecule has 0 bridgehead atoms. The van der Waals surface area contributed by atoms with Crippen molar-refractivity contribution in [3.63, 3.8) is 0 Å². The van der Waals surface area contributed by atoms with Crippen LogP contribution in [0, 0.1) is 11.3 Å². The highest BCUT2D eigenvalue weighted by Crippen LogP contribution is 2.28. The summed E-state index contributed by atoms with van der Waals surface area (Å²) in [7, 11) is 0. The molecule has 0 saturated heterocycles. The summed E-state index contributed by atoms with van der Waals surface area (Å²) < 4.78 is 0. The Kier molecular flexibility index (Phi) is 3.25. The molecule has 0 aliphatic heterocycles. The van der Waals surface area contributed by atoms with Gasteiger partial charge in [0.05, 0.1) is 22.9 Å². The molecule has 1 heterocycles. The van der Waals surface area contributed by atoms with Crippen LogP contribution in [0.15, 0.2) is 42.1 Å². The molecule has 0 fully saturated rings. The number of rotatable bonds is 3. The Morgan fingerprint density at radius 3 is 2.71 bits per heavy atom. The molecular weight excluding hydrogens is 264 g/mol. The lowest BCUT2D eigenvalue weighted by Crippen LogP contribution is -2.03. The second-order valence-corrected chi connectivity index (χ2v) is 4.99. The summed E-state index contributed by atoms with van der Waals surface area (Å²) in [5.41, 5.74) is 4.73. The van der Waals surface area contributed by atoms with Crippen LogP contribution < -0.4 is 0 Å². The maximum atomic E-state index is 11.2. The number of carboxylic acids is 1. The monoisotopic (exact) mass is 276 g/mol. The first-order valence-electron chi connectivity index (χ1n) is 6.57. The van der Waals surface area contributed by atoms with Crippen molar-refractivity contribution < 1.29 is 9.90 Å². The fourth-order valence-corrected chi connectivity index (χ4v) is 2.56. The molecule has 4 nitrogen and oxygen atoms in total. The zero-order chi connectivity index (χ0) is 14.8. The summed E-state index contributed by atoms with van der Waals surface area (Å²) in [6.45, 7) is 0. The third-order valence-electron chi connectivity index (χ3n) is 3.58. The van der Waals surface area contributed by atoms with Crippen molar-refractivity contribution in [3.05, 3.63) is 70.0 Å². The molecule has 1 aliphatic rings. The zero-order valence-corrected chi connectivity index (χ0v) is 11.2. The van der Waals surface area contributed by atoms with Crippen molar-refractivity contribution in [1.82, 2.24) is 4.98 Å². The molecular formula is C17H12N2O2. The first-order valence-corrected chi connectivity index (χ1v) is 6.57. The number of benzene rings is 1. The Bertz CT molecular complexity index is 783. The maximum Gasteiger partial charge on any atom is 0.336 e. The number of aromatic nitrogens is 1. The van der Waals surface area contributed by atoms with Crippen LogP contribution in [-0.4, -0.2) is 16.1 Å². The molecule has 4 heteroatoms. The van der Waals surface area contributed by atoms with E-state index in [-0.39, 0.29) is 0 Å². The van der Waals surface area contributed by atoms with E-state index in [2.05, 4.69) is 11.1 Å². The number of fused-ring (bicyclic) bond motifs is 1. The third kappa shape index (κ3) is 2.54. The van der Waals surface area contributed by atoms with E-state index in [1.165, 1.54) is 6.20 Å². The Labute approximate surface area is 122 Å². The van der Waals surface area contributed by atoms with E-state index in [4.69, 9.17) is 5.26 Å². The normalized spacial score (nSPS) is 12.4. The van der Waals surface area contributed by atoms with Gasteiger partial charge < -0.3 is 5.11 Å². The van der Waals surface area contributed by atoms with Gasteiger partial charge in [0, 0.05) is 6.20 Å². The number of hydrogen-bond donors (Lipinski definition) is 1. The molecule has 0 atom stereocenters. The number of pyridine rings is 1. The largest absolute Gasteiger partial charge is 0.478 e. The number of hydrogen-bond acceptors (Lipinski definition) is 3. The van der Waals surface area contributed by atoms with Gasteiger partial charge in [-0.2, -0.15) is 5.26 Å². The summed E-state index contributed by atoms with van der Waals surface area (Å²) in [6.07, 6.45) is 4.84. The Morgan fingerprint density at radius 1 is 1.29 bits per heavy atom. The quantitative estimate of drug-likeness (QED) is 0.935. The molecule has 0 spiro atoms. The van der Waals surface area contributed by atoms with E-state index in [0.717, 1.165) is 28.8 Å². The van der Waals surface area contributed by atoms with E-state index < -0.39 is 5.97 Å². The molecule has 1 aromatic heterocycles. The van der Waals surface area contributed by atoms with Crippen molar-refractivity contribution in [2.45, 2.75) is 12.8 Å². The maximum absolute atomic E-state index is 11.2. The number of allylic oxidation sites excluding steroid dienone is 1. The highest BCUT2D eigenvalue weighted by atomic mass is 16.4. The van der Waals surface area contributed by atoms with Crippen molar-refractivity contribution in [2.75, 3.05) is 0 Å². The van der Waals surface area contributed by atoms with Gasteiger partial charge in [-0.25, -0.2) is 4.79 Å². The molecule has 21 heavy (non-hydrogen) atoms. The highest BCUT2D eigenvalue weighted by molar-refractivity contribution is 5.91. The van der Waals surface area contributed by atoms with Crippen molar-refractivity contribution >= 4 is 12.0 Å². The van der Waals surface area contributed by atoms with Crippen LogP contribution in [0.2, 0.25) is 0 Å². The number of carbonyl (C=O) groups is 1. The Hall–Kier alpha value is -2.93. The summed E-state index contributed by atoms with van der Waals surface area (Å²) in [5.74, 6) is -0.915. The van der Waals surface area contributed by atoms with Gasteiger partial charge in [-0.15, -0.1) is 0 Å². The fourth-order valence-electron chi connectivity index (χ4n) is 2.56. The lowest BCUT2D eigenvalue weighted by atomic mass is 10.0. The van der Waals surface area contributed by atoms with Gasteiger partial charge in [0.15, 0.2) is 0 Å². The minimum atomic E-state index is -0.915. The van der Waals surface area contributed by atoms with Crippen LogP contribution in [0.3, 0.4) is 0 Å². The molecule has 3 rings (SSSR count). The van der Waals surface area contributed by atoms with Crippen molar-refractivity contribution in [1.29, 1.82) is 5.26 Å². The summed E-state index contributed by atoms with van der Waals surface area (Å²) in [4.78, 5) is 15.5. The summed E-state index contributed by atoms with van der Waals surface area (Å²) >= 11 is 0. The van der Waals surface area contributed by atoms with E-state index in [1.54, 1.807) is 18.2 Å². The predicted molar refractivity (Wildman–Crippen MR) is 77.7 cm³/mol. The summed E-state index contributed by atoms with van der Waals surface area (Å²) in [5, 5.41) is 18.0. The van der Waals surface area contributed by atoms with Crippen molar-refractivity contribution in [2.24, 2.45) is 0 Å². The van der Waals surface area contributed by atoms with Crippen LogP contribution in [-0.2, 0) is 12.8 Å². The lowest BCUT2D eigenvalue weighted by Gasteiger charge is -2.04. The second kappa shape index (κ2) is 5.22. The minimum absolute atomic E-state index is 0.325. The molecule has 0 radical (unpaired) electrons. The lowest BCUT2D eigenvalue weighted by molar-refractivity contribution is 0.0695. The third-order valence-corrected chi connectivity index (χ3v) is 3.58. The zero-order valence-electron chi connectivity index (χ0n) is 11.2. The first-order chi connectivity index (χ1) is 10.2. The number of carboxylic acid groups (broad SMARTS) is 1. The van der Waals surface area contributed by atoms with Crippen LogP contribution >= 0.6 is 0 Å². The van der Waals surface area contributed by atoms with Gasteiger partial charge in [0.25, 0.3) is 0 Å². The van der Waals surface area contributed by atoms with Gasteiger partial charge in [0.1, 0.15) is 0 Å². The topological polar surface area (TPSA) is 74.0 Å². The first kappa shape index (κ1) is 13.1. The Morgan fingerprint density at radius 2 is 2.05 bits per heavy atom.